The average Bonchev–Trinajstić information content (AvgIpc) is 3.35. The fourth-order valence-corrected chi connectivity index (χ4v) is 5.04. The maximum Gasteiger partial charge on any atom is 0.130 e. The number of para-hydroxylation sites is 1. The molecule has 5 nitrogen and oxygen atoms in total. The molecule has 4 aromatic rings. The third-order valence-electron chi connectivity index (χ3n) is 6.71. The van der Waals surface area contributed by atoms with Gasteiger partial charge in [0.25, 0.3) is 0 Å². The molecule has 2 atom stereocenters. The second kappa shape index (κ2) is 7.89. The van der Waals surface area contributed by atoms with Gasteiger partial charge in [-0.1, -0.05) is 18.2 Å². The Morgan fingerprint density at radius 2 is 1.97 bits per heavy atom. The summed E-state index contributed by atoms with van der Waals surface area (Å²) in [7, 11) is 3.82. The second-order valence-electron chi connectivity index (χ2n) is 8.82. The predicted octanol–water partition coefficient (Wildman–Crippen LogP) is 4.93. The van der Waals surface area contributed by atoms with Crippen LogP contribution in [0.2, 0.25) is 0 Å². The Bertz CT molecular complexity index is 1250. The van der Waals surface area contributed by atoms with Gasteiger partial charge in [0.15, 0.2) is 0 Å². The highest BCUT2D eigenvalue weighted by Crippen LogP contribution is 2.33. The van der Waals surface area contributed by atoms with E-state index in [-0.39, 0.29) is 6.04 Å². The van der Waals surface area contributed by atoms with Crippen LogP contribution in [-0.4, -0.2) is 28.7 Å². The number of benzene rings is 2. The number of nitrogens with zero attached hydrogens (tertiary/aromatic N) is 3. The SMILES string of the molecule is COc1ccc2nc(N(Cc3cn(C)c4ccccc34)[C@H]3CC[C@H](N)C3)cc(C)c2c1. The number of aryl methyl sites for hydroxylation is 2. The fourth-order valence-electron chi connectivity index (χ4n) is 5.04. The molecule has 1 saturated carbocycles. The Labute approximate surface area is 183 Å². The molecule has 1 aliphatic rings. The molecular formula is C26H30N4O. The molecule has 0 spiro atoms. The number of hydrogen-bond acceptors (Lipinski definition) is 4. The number of nitrogens with two attached hydrogens (primary N) is 1. The van der Waals surface area contributed by atoms with Gasteiger partial charge >= 0.3 is 0 Å². The van der Waals surface area contributed by atoms with Gasteiger partial charge in [0.05, 0.1) is 12.6 Å². The molecular weight excluding hydrogens is 384 g/mol. The van der Waals surface area contributed by atoms with E-state index in [1.807, 2.05) is 6.07 Å². The van der Waals surface area contributed by atoms with Crippen LogP contribution in [0, 0.1) is 6.92 Å². The van der Waals surface area contributed by atoms with Crippen LogP contribution in [0.25, 0.3) is 21.8 Å². The van der Waals surface area contributed by atoms with E-state index in [4.69, 9.17) is 15.5 Å². The van der Waals surface area contributed by atoms with Crippen LogP contribution in [0.1, 0.15) is 30.4 Å². The Kier molecular flexibility index (Phi) is 5.06. The van der Waals surface area contributed by atoms with Crippen molar-refractivity contribution in [2.75, 3.05) is 12.0 Å². The molecule has 160 valence electrons. The smallest absolute Gasteiger partial charge is 0.130 e. The minimum atomic E-state index is 0.269. The minimum Gasteiger partial charge on any atom is -0.497 e. The Morgan fingerprint density at radius 1 is 1.13 bits per heavy atom. The average molecular weight is 415 g/mol. The molecule has 31 heavy (non-hydrogen) atoms. The number of aromatic nitrogens is 2. The Balaban J connectivity index is 1.59. The largest absolute Gasteiger partial charge is 0.497 e. The van der Waals surface area contributed by atoms with Crippen molar-refractivity contribution in [3.8, 4) is 5.75 Å². The van der Waals surface area contributed by atoms with Crippen LogP contribution in [0.3, 0.4) is 0 Å². The van der Waals surface area contributed by atoms with Crippen LogP contribution in [0.5, 0.6) is 5.75 Å². The lowest BCUT2D eigenvalue weighted by atomic mass is 10.1. The molecule has 0 unspecified atom stereocenters. The maximum atomic E-state index is 6.32. The highest BCUT2D eigenvalue weighted by Gasteiger charge is 2.29. The van der Waals surface area contributed by atoms with E-state index in [2.05, 4.69) is 72.1 Å². The summed E-state index contributed by atoms with van der Waals surface area (Å²) in [5.41, 5.74) is 11.1. The fraction of sp³-hybridized carbons (Fsp3) is 0.346. The van der Waals surface area contributed by atoms with E-state index >= 15 is 0 Å². The zero-order valence-corrected chi connectivity index (χ0v) is 18.5. The quantitative estimate of drug-likeness (QED) is 0.503. The molecule has 2 heterocycles. The van der Waals surface area contributed by atoms with Crippen LogP contribution < -0.4 is 15.4 Å². The standard InChI is InChI=1S/C26H30N4O/c1-17-12-26(28-24-11-10-21(31-3)14-23(17)24)30(20-9-8-19(27)13-20)16-18-15-29(2)25-7-5-4-6-22(18)25/h4-7,10-12,14-15,19-20H,8-9,13,16,27H2,1-3H3/t19-,20-/m0/s1. The molecule has 0 bridgehead atoms. The van der Waals surface area contributed by atoms with E-state index in [1.165, 1.54) is 22.0 Å². The highest BCUT2D eigenvalue weighted by atomic mass is 16.5. The third-order valence-corrected chi connectivity index (χ3v) is 6.71. The van der Waals surface area contributed by atoms with Gasteiger partial charge in [-0.05, 0) is 67.6 Å². The van der Waals surface area contributed by atoms with Crippen molar-refractivity contribution in [2.24, 2.45) is 12.8 Å². The van der Waals surface area contributed by atoms with Gasteiger partial charge in [-0.15, -0.1) is 0 Å². The number of hydrogen-bond donors (Lipinski definition) is 1. The lowest BCUT2D eigenvalue weighted by molar-refractivity contribution is 0.415. The van der Waals surface area contributed by atoms with Gasteiger partial charge in [0.1, 0.15) is 11.6 Å². The Morgan fingerprint density at radius 3 is 2.74 bits per heavy atom. The normalized spacial score (nSPS) is 18.7. The first-order chi connectivity index (χ1) is 15.0. The van der Waals surface area contributed by atoms with Crippen LogP contribution >= 0.6 is 0 Å². The van der Waals surface area contributed by atoms with Crippen LogP contribution in [-0.2, 0) is 13.6 Å². The first kappa shape index (κ1) is 19.9. The molecule has 5 heteroatoms. The van der Waals surface area contributed by atoms with E-state index in [1.54, 1.807) is 7.11 Å². The van der Waals surface area contributed by atoms with Crippen molar-refractivity contribution < 1.29 is 4.74 Å². The van der Waals surface area contributed by atoms with Crippen molar-refractivity contribution in [2.45, 2.75) is 44.8 Å². The molecule has 0 amide bonds. The monoisotopic (exact) mass is 414 g/mol. The molecule has 0 aliphatic heterocycles. The van der Waals surface area contributed by atoms with Gasteiger partial charge < -0.3 is 19.9 Å². The summed E-state index contributed by atoms with van der Waals surface area (Å²) in [5.74, 6) is 1.89. The Hall–Kier alpha value is -3.05. The molecule has 1 fully saturated rings. The predicted molar refractivity (Wildman–Crippen MR) is 128 cm³/mol. The molecule has 5 rings (SSSR count). The lowest BCUT2D eigenvalue weighted by Crippen LogP contribution is -2.35. The zero-order valence-electron chi connectivity index (χ0n) is 18.5. The van der Waals surface area contributed by atoms with Gasteiger partial charge in [-0.3, -0.25) is 0 Å². The molecule has 2 N–H and O–H groups in total. The van der Waals surface area contributed by atoms with Gasteiger partial charge in [0, 0.05) is 48.2 Å². The molecule has 2 aromatic carbocycles. The molecule has 0 radical (unpaired) electrons. The topological polar surface area (TPSA) is 56.3 Å². The van der Waals surface area contributed by atoms with Gasteiger partial charge in [-0.2, -0.15) is 0 Å². The summed E-state index contributed by atoms with van der Waals surface area (Å²) in [4.78, 5) is 7.56. The van der Waals surface area contributed by atoms with E-state index in [0.717, 1.165) is 48.3 Å². The summed E-state index contributed by atoms with van der Waals surface area (Å²) in [6, 6.07) is 17.6. The number of fused-ring (bicyclic) bond motifs is 2. The minimum absolute atomic E-state index is 0.269. The van der Waals surface area contributed by atoms with E-state index in [0.29, 0.717) is 6.04 Å². The summed E-state index contributed by atoms with van der Waals surface area (Å²) in [6.07, 6.45) is 5.44. The highest BCUT2D eigenvalue weighted by molar-refractivity contribution is 5.86. The number of anilines is 1. The summed E-state index contributed by atoms with van der Waals surface area (Å²) in [6.45, 7) is 2.98. The van der Waals surface area contributed by atoms with Crippen molar-refractivity contribution in [3.05, 3.63) is 65.9 Å². The van der Waals surface area contributed by atoms with Gasteiger partial charge in [0.2, 0.25) is 0 Å². The van der Waals surface area contributed by atoms with Crippen molar-refractivity contribution in [1.29, 1.82) is 0 Å². The number of ether oxygens (including phenoxy) is 1. The van der Waals surface area contributed by atoms with Crippen molar-refractivity contribution >= 4 is 27.6 Å². The zero-order chi connectivity index (χ0) is 21.5. The first-order valence-electron chi connectivity index (χ1n) is 11.0. The van der Waals surface area contributed by atoms with Crippen LogP contribution in [0.4, 0.5) is 5.82 Å². The summed E-state index contributed by atoms with van der Waals surface area (Å²) in [5, 5.41) is 2.44. The van der Waals surface area contributed by atoms with Crippen LogP contribution in [0.15, 0.2) is 54.7 Å². The van der Waals surface area contributed by atoms with E-state index < -0.39 is 0 Å². The second-order valence-corrected chi connectivity index (χ2v) is 8.82. The number of methoxy groups -OCH3 is 1. The molecule has 0 saturated heterocycles. The van der Waals surface area contributed by atoms with E-state index in [9.17, 15) is 0 Å². The first-order valence-corrected chi connectivity index (χ1v) is 11.0. The van der Waals surface area contributed by atoms with Gasteiger partial charge in [-0.25, -0.2) is 4.98 Å². The number of pyridine rings is 1. The molecule has 2 aromatic heterocycles. The number of rotatable bonds is 5. The molecule has 1 aliphatic carbocycles. The lowest BCUT2D eigenvalue weighted by Gasteiger charge is -2.31. The summed E-state index contributed by atoms with van der Waals surface area (Å²) >= 11 is 0. The van der Waals surface area contributed by atoms with Crippen molar-refractivity contribution in [1.82, 2.24) is 9.55 Å². The third kappa shape index (κ3) is 3.63. The van der Waals surface area contributed by atoms with Crippen molar-refractivity contribution in [3.63, 3.8) is 0 Å². The summed E-state index contributed by atoms with van der Waals surface area (Å²) < 4.78 is 7.63. The maximum absolute atomic E-state index is 6.32.